The molecule has 4 nitrogen and oxygen atoms in total. The molecule has 0 heterocycles. The van der Waals surface area contributed by atoms with E-state index in [2.05, 4.69) is 5.32 Å². The SMILES string of the molecule is CC(C)CNC(=O)C(C)(C)C(=O)N(C)Cc1ccccc1. The maximum Gasteiger partial charge on any atom is 0.237 e. The van der Waals surface area contributed by atoms with Crippen molar-refractivity contribution in [1.29, 1.82) is 0 Å². The predicted molar refractivity (Wildman–Crippen MR) is 84.5 cm³/mol. The van der Waals surface area contributed by atoms with Crippen LogP contribution in [0.3, 0.4) is 0 Å². The van der Waals surface area contributed by atoms with Crippen LogP contribution in [0.4, 0.5) is 0 Å². The van der Waals surface area contributed by atoms with Crippen molar-refractivity contribution in [2.24, 2.45) is 11.3 Å². The van der Waals surface area contributed by atoms with Gasteiger partial charge in [0.25, 0.3) is 0 Å². The number of nitrogens with one attached hydrogen (secondary N) is 1. The minimum absolute atomic E-state index is 0.174. The van der Waals surface area contributed by atoms with Gasteiger partial charge in [0.05, 0.1) is 0 Å². The van der Waals surface area contributed by atoms with Gasteiger partial charge in [0.15, 0.2) is 0 Å². The monoisotopic (exact) mass is 290 g/mol. The zero-order chi connectivity index (χ0) is 16.0. The van der Waals surface area contributed by atoms with Crippen molar-refractivity contribution in [3.05, 3.63) is 35.9 Å². The summed E-state index contributed by atoms with van der Waals surface area (Å²) < 4.78 is 0. The van der Waals surface area contributed by atoms with Crippen LogP contribution in [0.2, 0.25) is 0 Å². The van der Waals surface area contributed by atoms with Gasteiger partial charge in [0.1, 0.15) is 5.41 Å². The van der Waals surface area contributed by atoms with E-state index in [0.717, 1.165) is 5.56 Å². The average molecular weight is 290 g/mol. The van der Waals surface area contributed by atoms with Crippen molar-refractivity contribution in [3.8, 4) is 0 Å². The zero-order valence-corrected chi connectivity index (χ0v) is 13.6. The molecule has 2 amide bonds. The molecule has 21 heavy (non-hydrogen) atoms. The number of hydrogen-bond acceptors (Lipinski definition) is 2. The summed E-state index contributed by atoms with van der Waals surface area (Å²) in [6.45, 7) is 8.48. The summed E-state index contributed by atoms with van der Waals surface area (Å²) in [6.07, 6.45) is 0. The highest BCUT2D eigenvalue weighted by atomic mass is 16.2. The highest BCUT2D eigenvalue weighted by Crippen LogP contribution is 2.20. The van der Waals surface area contributed by atoms with Crippen LogP contribution >= 0.6 is 0 Å². The van der Waals surface area contributed by atoms with Crippen LogP contribution in [0.25, 0.3) is 0 Å². The lowest BCUT2D eigenvalue weighted by Crippen LogP contribution is -2.48. The molecule has 0 spiro atoms. The first kappa shape index (κ1) is 17.2. The second-order valence-electron chi connectivity index (χ2n) is 6.38. The Morgan fingerprint density at radius 2 is 1.76 bits per heavy atom. The molecule has 0 unspecified atom stereocenters. The fourth-order valence-corrected chi connectivity index (χ4v) is 2.02. The van der Waals surface area contributed by atoms with Crippen molar-refractivity contribution >= 4 is 11.8 Å². The first-order valence-corrected chi connectivity index (χ1v) is 7.33. The molecule has 1 aromatic rings. The number of amides is 2. The van der Waals surface area contributed by atoms with Crippen molar-refractivity contribution in [1.82, 2.24) is 10.2 Å². The van der Waals surface area contributed by atoms with E-state index >= 15 is 0 Å². The number of hydrogen-bond donors (Lipinski definition) is 1. The van der Waals surface area contributed by atoms with Crippen molar-refractivity contribution in [3.63, 3.8) is 0 Å². The Bertz CT molecular complexity index is 481. The van der Waals surface area contributed by atoms with E-state index in [9.17, 15) is 9.59 Å². The van der Waals surface area contributed by atoms with Gasteiger partial charge in [-0.2, -0.15) is 0 Å². The molecular formula is C17H26N2O2. The fraction of sp³-hybridized carbons (Fsp3) is 0.529. The zero-order valence-electron chi connectivity index (χ0n) is 13.6. The molecule has 1 rings (SSSR count). The molecule has 4 heteroatoms. The third kappa shape index (κ3) is 4.88. The van der Waals surface area contributed by atoms with E-state index in [1.54, 1.807) is 25.8 Å². The summed E-state index contributed by atoms with van der Waals surface area (Å²) in [7, 11) is 1.73. The molecule has 0 saturated carbocycles. The first-order valence-electron chi connectivity index (χ1n) is 7.33. The Hall–Kier alpha value is -1.84. The Balaban J connectivity index is 2.68. The molecule has 0 radical (unpaired) electrons. The maximum absolute atomic E-state index is 12.5. The van der Waals surface area contributed by atoms with E-state index in [4.69, 9.17) is 0 Å². The highest BCUT2D eigenvalue weighted by molar-refractivity contribution is 6.04. The maximum atomic E-state index is 12.5. The van der Waals surface area contributed by atoms with Crippen LogP contribution < -0.4 is 5.32 Å². The highest BCUT2D eigenvalue weighted by Gasteiger charge is 2.37. The third-order valence-corrected chi connectivity index (χ3v) is 3.38. The Morgan fingerprint density at radius 3 is 2.29 bits per heavy atom. The molecule has 0 aliphatic rings. The van der Waals surface area contributed by atoms with Gasteiger partial charge in [-0.15, -0.1) is 0 Å². The normalized spacial score (nSPS) is 11.3. The molecule has 0 aromatic heterocycles. The quantitative estimate of drug-likeness (QED) is 0.818. The number of rotatable bonds is 6. The van der Waals surface area contributed by atoms with E-state index in [1.807, 2.05) is 44.2 Å². The van der Waals surface area contributed by atoms with Gasteiger partial charge in [0.2, 0.25) is 11.8 Å². The molecule has 0 bridgehead atoms. The number of carbonyl (C=O) groups is 2. The minimum Gasteiger partial charge on any atom is -0.355 e. The number of benzene rings is 1. The third-order valence-electron chi connectivity index (χ3n) is 3.38. The van der Waals surface area contributed by atoms with Crippen molar-refractivity contribution in [2.45, 2.75) is 34.2 Å². The van der Waals surface area contributed by atoms with Crippen LogP contribution in [0, 0.1) is 11.3 Å². The molecule has 0 atom stereocenters. The van der Waals surface area contributed by atoms with E-state index in [-0.39, 0.29) is 11.8 Å². The predicted octanol–water partition coefficient (Wildman–Crippen LogP) is 2.44. The van der Waals surface area contributed by atoms with Gasteiger partial charge < -0.3 is 10.2 Å². The lowest BCUT2D eigenvalue weighted by Gasteiger charge is -2.28. The van der Waals surface area contributed by atoms with Gasteiger partial charge in [-0.25, -0.2) is 0 Å². The lowest BCUT2D eigenvalue weighted by atomic mass is 9.90. The second-order valence-corrected chi connectivity index (χ2v) is 6.38. The van der Waals surface area contributed by atoms with Gasteiger partial charge in [0, 0.05) is 20.1 Å². The first-order chi connectivity index (χ1) is 9.75. The van der Waals surface area contributed by atoms with Crippen LogP contribution in [0.1, 0.15) is 33.3 Å². The average Bonchev–Trinajstić information content (AvgIpc) is 2.44. The molecule has 1 N–H and O–H groups in total. The van der Waals surface area contributed by atoms with Crippen LogP contribution in [-0.2, 0) is 16.1 Å². The second kappa shape index (κ2) is 7.25. The Morgan fingerprint density at radius 1 is 1.19 bits per heavy atom. The van der Waals surface area contributed by atoms with E-state index < -0.39 is 5.41 Å². The van der Waals surface area contributed by atoms with Gasteiger partial charge in [-0.1, -0.05) is 44.2 Å². The smallest absolute Gasteiger partial charge is 0.237 e. The Kier molecular flexibility index (Phi) is 5.94. The fourth-order valence-electron chi connectivity index (χ4n) is 2.02. The van der Waals surface area contributed by atoms with Crippen LogP contribution in [0.5, 0.6) is 0 Å². The molecule has 0 fully saturated rings. The summed E-state index contributed by atoms with van der Waals surface area (Å²) >= 11 is 0. The molecule has 1 aromatic carbocycles. The number of carbonyl (C=O) groups excluding carboxylic acids is 2. The summed E-state index contributed by atoms with van der Waals surface area (Å²) in [5, 5.41) is 2.84. The van der Waals surface area contributed by atoms with Gasteiger partial charge >= 0.3 is 0 Å². The topological polar surface area (TPSA) is 49.4 Å². The minimum atomic E-state index is -1.06. The van der Waals surface area contributed by atoms with Gasteiger partial charge in [-0.05, 0) is 25.3 Å². The summed E-state index contributed by atoms with van der Waals surface area (Å²) in [4.78, 5) is 26.3. The molecule has 0 saturated heterocycles. The molecule has 116 valence electrons. The van der Waals surface area contributed by atoms with Crippen LogP contribution in [-0.4, -0.2) is 30.3 Å². The molecular weight excluding hydrogens is 264 g/mol. The van der Waals surface area contributed by atoms with Gasteiger partial charge in [-0.3, -0.25) is 9.59 Å². The standard InChI is InChI=1S/C17H26N2O2/c1-13(2)11-18-15(20)17(3,4)16(21)19(5)12-14-9-7-6-8-10-14/h6-10,13H,11-12H2,1-5H3,(H,18,20). The molecule has 0 aliphatic carbocycles. The van der Waals surface area contributed by atoms with E-state index in [0.29, 0.717) is 19.0 Å². The summed E-state index contributed by atoms with van der Waals surface area (Å²) in [5.41, 5.74) is -0.00922. The van der Waals surface area contributed by atoms with Crippen LogP contribution in [0.15, 0.2) is 30.3 Å². The number of nitrogens with zero attached hydrogens (tertiary/aromatic N) is 1. The lowest BCUT2D eigenvalue weighted by molar-refractivity contribution is -0.148. The van der Waals surface area contributed by atoms with E-state index in [1.165, 1.54) is 0 Å². The Labute approximate surface area is 127 Å². The summed E-state index contributed by atoms with van der Waals surface area (Å²) in [5.74, 6) is -0.0318. The molecule has 0 aliphatic heterocycles. The largest absolute Gasteiger partial charge is 0.355 e. The van der Waals surface area contributed by atoms with Crippen molar-refractivity contribution in [2.75, 3.05) is 13.6 Å². The van der Waals surface area contributed by atoms with Crippen molar-refractivity contribution < 1.29 is 9.59 Å². The summed E-state index contributed by atoms with van der Waals surface area (Å²) in [6, 6.07) is 9.75.